The molecule has 0 saturated heterocycles. The van der Waals surface area contributed by atoms with E-state index in [4.69, 9.17) is 0 Å². The molecule has 0 radical (unpaired) electrons. The van der Waals surface area contributed by atoms with Crippen LogP contribution in [0, 0.1) is 12.8 Å². The summed E-state index contributed by atoms with van der Waals surface area (Å²) in [7, 11) is 0. The smallest absolute Gasteiger partial charge is 0.318 e. The van der Waals surface area contributed by atoms with E-state index in [-0.39, 0.29) is 12.1 Å². The van der Waals surface area contributed by atoms with Gasteiger partial charge in [-0.05, 0) is 42.9 Å². The first-order valence-electron chi connectivity index (χ1n) is 10.2. The number of benzene rings is 2. The van der Waals surface area contributed by atoms with Gasteiger partial charge in [0.15, 0.2) is 0 Å². The number of H-pyrrole nitrogens is 1. The number of fused-ring (bicyclic) bond motifs is 3. The van der Waals surface area contributed by atoms with E-state index in [9.17, 15) is 4.79 Å². The van der Waals surface area contributed by atoms with Crippen molar-refractivity contribution in [2.24, 2.45) is 5.92 Å². The van der Waals surface area contributed by atoms with Gasteiger partial charge in [0.1, 0.15) is 0 Å². The highest BCUT2D eigenvalue weighted by molar-refractivity contribution is 5.86. The molecule has 4 heteroatoms. The van der Waals surface area contributed by atoms with Crippen LogP contribution in [0.1, 0.15) is 48.7 Å². The van der Waals surface area contributed by atoms with E-state index in [0.29, 0.717) is 12.5 Å². The average Bonchev–Trinajstić information content (AvgIpc) is 3.06. The molecule has 146 valence electrons. The molecule has 2 heterocycles. The van der Waals surface area contributed by atoms with E-state index in [1.54, 1.807) is 0 Å². The summed E-state index contributed by atoms with van der Waals surface area (Å²) in [6, 6.07) is 16.9. The zero-order valence-corrected chi connectivity index (χ0v) is 17.0. The molecule has 0 fully saturated rings. The minimum absolute atomic E-state index is 0.0236. The molecule has 2 amide bonds. The van der Waals surface area contributed by atoms with Gasteiger partial charge in [0.05, 0.1) is 6.04 Å². The minimum atomic E-state index is -0.0872. The minimum Gasteiger partial charge on any atom is -0.356 e. The highest BCUT2D eigenvalue weighted by Gasteiger charge is 2.34. The van der Waals surface area contributed by atoms with Crippen molar-refractivity contribution in [3.8, 4) is 0 Å². The van der Waals surface area contributed by atoms with Crippen molar-refractivity contribution in [3.05, 3.63) is 70.9 Å². The Morgan fingerprint density at radius 2 is 1.93 bits per heavy atom. The van der Waals surface area contributed by atoms with Crippen LogP contribution >= 0.6 is 0 Å². The lowest BCUT2D eigenvalue weighted by atomic mass is 9.92. The maximum Gasteiger partial charge on any atom is 0.318 e. The molecule has 4 nitrogen and oxygen atoms in total. The van der Waals surface area contributed by atoms with Crippen LogP contribution in [-0.2, 0) is 6.42 Å². The van der Waals surface area contributed by atoms with E-state index in [1.807, 2.05) is 4.90 Å². The maximum atomic E-state index is 13.1. The molecule has 0 unspecified atom stereocenters. The van der Waals surface area contributed by atoms with Crippen molar-refractivity contribution in [3.63, 3.8) is 0 Å². The van der Waals surface area contributed by atoms with Crippen LogP contribution in [0.2, 0.25) is 0 Å². The molecule has 3 aromatic rings. The van der Waals surface area contributed by atoms with Crippen LogP contribution < -0.4 is 5.32 Å². The Morgan fingerprint density at radius 3 is 2.68 bits per heavy atom. The Labute approximate surface area is 166 Å². The van der Waals surface area contributed by atoms with Gasteiger partial charge >= 0.3 is 6.03 Å². The van der Waals surface area contributed by atoms with E-state index in [0.717, 1.165) is 36.2 Å². The molecule has 1 aromatic heterocycles. The molecule has 2 aromatic carbocycles. The number of aromatic amines is 1. The van der Waals surface area contributed by atoms with Crippen LogP contribution in [0.4, 0.5) is 4.79 Å². The number of carbonyl (C=O) groups excluding carboxylic acids is 1. The van der Waals surface area contributed by atoms with Crippen LogP contribution in [0.25, 0.3) is 10.9 Å². The predicted molar refractivity (Wildman–Crippen MR) is 115 cm³/mol. The molecule has 0 aliphatic carbocycles. The van der Waals surface area contributed by atoms with Gasteiger partial charge in [0.2, 0.25) is 0 Å². The van der Waals surface area contributed by atoms with Gasteiger partial charge in [0, 0.05) is 29.7 Å². The number of amides is 2. The predicted octanol–water partition coefficient (Wildman–Crippen LogP) is 5.18. The van der Waals surface area contributed by atoms with Crippen molar-refractivity contribution < 1.29 is 4.79 Å². The number of hydrogen-bond donors (Lipinski definition) is 2. The van der Waals surface area contributed by atoms with Crippen LogP contribution in [0.5, 0.6) is 0 Å². The summed E-state index contributed by atoms with van der Waals surface area (Å²) in [5.41, 5.74) is 6.01. The van der Waals surface area contributed by atoms with Gasteiger partial charge in [0.25, 0.3) is 0 Å². The lowest BCUT2D eigenvalue weighted by Crippen LogP contribution is -2.46. The number of nitrogens with one attached hydrogen (secondary N) is 2. The number of para-hydroxylation sites is 1. The first-order valence-corrected chi connectivity index (χ1v) is 10.2. The third-order valence-corrected chi connectivity index (χ3v) is 5.69. The second kappa shape index (κ2) is 7.70. The van der Waals surface area contributed by atoms with Crippen molar-refractivity contribution in [1.29, 1.82) is 0 Å². The number of rotatable bonds is 4. The normalized spacial score (nSPS) is 16.4. The summed E-state index contributed by atoms with van der Waals surface area (Å²) in [4.78, 5) is 18.7. The summed E-state index contributed by atoms with van der Waals surface area (Å²) >= 11 is 0. The molecule has 1 atom stereocenters. The van der Waals surface area contributed by atoms with Crippen molar-refractivity contribution in [2.45, 2.75) is 39.7 Å². The summed E-state index contributed by atoms with van der Waals surface area (Å²) in [5.74, 6) is 0.579. The largest absolute Gasteiger partial charge is 0.356 e. The van der Waals surface area contributed by atoms with Crippen molar-refractivity contribution >= 4 is 16.9 Å². The Morgan fingerprint density at radius 1 is 1.18 bits per heavy atom. The SMILES string of the molecule is Cc1ccc([C@H]2c3[nH]c4ccccc4c3CCN2C(=O)NCCC(C)C)cc1. The number of aryl methyl sites for hydroxylation is 1. The fraction of sp³-hybridized carbons (Fsp3) is 0.375. The Hall–Kier alpha value is -2.75. The fourth-order valence-corrected chi connectivity index (χ4v) is 4.12. The van der Waals surface area contributed by atoms with Gasteiger partial charge in [-0.1, -0.05) is 61.9 Å². The van der Waals surface area contributed by atoms with Crippen LogP contribution in [0.3, 0.4) is 0 Å². The van der Waals surface area contributed by atoms with E-state index < -0.39 is 0 Å². The fourth-order valence-electron chi connectivity index (χ4n) is 4.12. The number of carbonyl (C=O) groups is 1. The molecule has 1 aliphatic heterocycles. The third-order valence-electron chi connectivity index (χ3n) is 5.69. The standard InChI is InChI=1S/C24H29N3O/c1-16(2)12-14-25-24(28)27-15-13-20-19-6-4-5-7-21(19)26-22(20)23(27)18-10-8-17(3)9-11-18/h4-11,16,23,26H,12-15H2,1-3H3,(H,25,28)/t23-/m0/s1. The summed E-state index contributed by atoms with van der Waals surface area (Å²) in [6.45, 7) is 7.89. The van der Waals surface area contributed by atoms with Gasteiger partial charge in [-0.25, -0.2) is 4.79 Å². The van der Waals surface area contributed by atoms with E-state index in [1.165, 1.54) is 16.5 Å². The second-order valence-electron chi connectivity index (χ2n) is 8.23. The quantitative estimate of drug-likeness (QED) is 0.648. The molecular weight excluding hydrogens is 346 g/mol. The van der Waals surface area contributed by atoms with E-state index >= 15 is 0 Å². The summed E-state index contributed by atoms with van der Waals surface area (Å²) in [6.07, 6.45) is 1.87. The topological polar surface area (TPSA) is 48.1 Å². The average molecular weight is 376 g/mol. The summed E-state index contributed by atoms with van der Waals surface area (Å²) in [5, 5.41) is 4.41. The maximum absolute atomic E-state index is 13.1. The Balaban J connectivity index is 1.72. The van der Waals surface area contributed by atoms with E-state index in [2.05, 4.69) is 79.6 Å². The molecule has 28 heavy (non-hydrogen) atoms. The molecule has 2 N–H and O–H groups in total. The van der Waals surface area contributed by atoms with Gasteiger partial charge in [-0.2, -0.15) is 0 Å². The van der Waals surface area contributed by atoms with Crippen LogP contribution in [-0.4, -0.2) is 29.0 Å². The zero-order chi connectivity index (χ0) is 19.7. The summed E-state index contributed by atoms with van der Waals surface area (Å²) < 4.78 is 0. The highest BCUT2D eigenvalue weighted by Crippen LogP contribution is 2.38. The number of urea groups is 1. The molecule has 1 aliphatic rings. The molecule has 0 saturated carbocycles. The number of nitrogens with zero attached hydrogens (tertiary/aromatic N) is 1. The first kappa shape index (κ1) is 18.6. The first-order chi connectivity index (χ1) is 13.5. The molecule has 4 rings (SSSR count). The van der Waals surface area contributed by atoms with Gasteiger partial charge < -0.3 is 15.2 Å². The van der Waals surface area contributed by atoms with Crippen LogP contribution in [0.15, 0.2) is 48.5 Å². The lowest BCUT2D eigenvalue weighted by Gasteiger charge is -2.36. The monoisotopic (exact) mass is 375 g/mol. The molecular formula is C24H29N3O. The molecule has 0 spiro atoms. The lowest BCUT2D eigenvalue weighted by molar-refractivity contribution is 0.179. The third kappa shape index (κ3) is 3.51. The van der Waals surface area contributed by atoms with Gasteiger partial charge in [-0.15, -0.1) is 0 Å². The Bertz CT molecular complexity index is 971. The zero-order valence-electron chi connectivity index (χ0n) is 17.0. The number of aromatic nitrogens is 1. The highest BCUT2D eigenvalue weighted by atomic mass is 16.2. The van der Waals surface area contributed by atoms with Crippen molar-refractivity contribution in [2.75, 3.05) is 13.1 Å². The number of hydrogen-bond acceptors (Lipinski definition) is 1. The van der Waals surface area contributed by atoms with Crippen molar-refractivity contribution in [1.82, 2.24) is 15.2 Å². The second-order valence-corrected chi connectivity index (χ2v) is 8.23. The Kier molecular flexibility index (Phi) is 5.12. The van der Waals surface area contributed by atoms with Gasteiger partial charge in [-0.3, -0.25) is 0 Å². The molecule has 0 bridgehead atoms.